The topological polar surface area (TPSA) is 36.5 Å². The molecule has 2 heterocycles. The standard InChI is InChI=1S/C13H16FN3O/c14-11-5-3-10(4-6-11)13-9-17(16-18-13)12-2-1-7-15-8-12/h3-6,9,12,15-16H,1-2,7-8H2/t12-/m0/s1. The molecule has 0 aliphatic carbocycles. The Morgan fingerprint density at radius 3 is 2.83 bits per heavy atom. The number of nitrogens with zero attached hydrogens (tertiary/aromatic N) is 1. The molecule has 1 aromatic rings. The van der Waals surface area contributed by atoms with Crippen LogP contribution in [0.4, 0.5) is 4.39 Å². The molecule has 0 radical (unpaired) electrons. The normalized spacial score (nSPS) is 23.7. The van der Waals surface area contributed by atoms with E-state index in [-0.39, 0.29) is 5.82 Å². The van der Waals surface area contributed by atoms with E-state index in [4.69, 9.17) is 4.84 Å². The van der Waals surface area contributed by atoms with Gasteiger partial charge in [-0.05, 0) is 43.7 Å². The van der Waals surface area contributed by atoms with Gasteiger partial charge in [-0.25, -0.2) is 4.39 Å². The zero-order chi connectivity index (χ0) is 12.4. The minimum absolute atomic E-state index is 0.237. The van der Waals surface area contributed by atoms with Gasteiger partial charge in [0.25, 0.3) is 0 Å². The van der Waals surface area contributed by atoms with Crippen molar-refractivity contribution in [2.75, 3.05) is 13.1 Å². The Balaban J connectivity index is 1.72. The molecule has 2 aliphatic rings. The van der Waals surface area contributed by atoms with Gasteiger partial charge in [0, 0.05) is 12.1 Å². The van der Waals surface area contributed by atoms with Crippen LogP contribution in [-0.2, 0) is 4.84 Å². The summed E-state index contributed by atoms with van der Waals surface area (Å²) in [6, 6.07) is 6.70. The highest BCUT2D eigenvalue weighted by molar-refractivity contribution is 5.60. The summed E-state index contributed by atoms with van der Waals surface area (Å²) in [5.74, 6) is 0.485. The number of halogens is 1. The monoisotopic (exact) mass is 249 g/mol. The van der Waals surface area contributed by atoms with Crippen LogP contribution in [0.15, 0.2) is 30.5 Å². The predicted molar refractivity (Wildman–Crippen MR) is 66.3 cm³/mol. The van der Waals surface area contributed by atoms with E-state index in [1.165, 1.54) is 18.6 Å². The first-order valence-electron chi connectivity index (χ1n) is 6.22. The van der Waals surface area contributed by atoms with E-state index < -0.39 is 0 Å². The molecule has 1 atom stereocenters. The van der Waals surface area contributed by atoms with E-state index in [0.29, 0.717) is 6.04 Å². The highest BCUT2D eigenvalue weighted by Crippen LogP contribution is 2.22. The zero-order valence-corrected chi connectivity index (χ0v) is 10.0. The Morgan fingerprint density at radius 1 is 1.28 bits per heavy atom. The molecule has 0 amide bonds. The Labute approximate surface area is 105 Å². The van der Waals surface area contributed by atoms with Gasteiger partial charge in [-0.2, -0.15) is 0 Å². The van der Waals surface area contributed by atoms with Gasteiger partial charge in [0.05, 0.1) is 12.2 Å². The molecule has 18 heavy (non-hydrogen) atoms. The van der Waals surface area contributed by atoms with E-state index in [9.17, 15) is 4.39 Å². The Hall–Kier alpha value is -1.59. The summed E-state index contributed by atoms with van der Waals surface area (Å²) in [7, 11) is 0. The number of hydrazine groups is 1. The van der Waals surface area contributed by atoms with Crippen molar-refractivity contribution in [1.29, 1.82) is 0 Å². The van der Waals surface area contributed by atoms with Crippen LogP contribution in [0, 0.1) is 5.82 Å². The van der Waals surface area contributed by atoms with E-state index >= 15 is 0 Å². The minimum atomic E-state index is -0.237. The van der Waals surface area contributed by atoms with Crippen molar-refractivity contribution in [3.05, 3.63) is 41.8 Å². The minimum Gasteiger partial charge on any atom is -0.387 e. The molecular formula is C13H16FN3O. The fraction of sp³-hybridized carbons (Fsp3) is 0.385. The molecule has 0 unspecified atom stereocenters. The molecule has 5 heteroatoms. The summed E-state index contributed by atoms with van der Waals surface area (Å²) in [4.78, 5) is 5.43. The maximum Gasteiger partial charge on any atom is 0.174 e. The molecule has 0 bridgehead atoms. The molecule has 2 aliphatic heterocycles. The van der Waals surface area contributed by atoms with Crippen molar-refractivity contribution < 1.29 is 9.23 Å². The maximum atomic E-state index is 12.8. The van der Waals surface area contributed by atoms with E-state index in [0.717, 1.165) is 30.8 Å². The molecule has 4 nitrogen and oxygen atoms in total. The number of hydrogen-bond acceptors (Lipinski definition) is 4. The second-order valence-electron chi connectivity index (χ2n) is 4.60. The molecule has 0 spiro atoms. The third kappa shape index (κ3) is 2.32. The summed E-state index contributed by atoms with van der Waals surface area (Å²) >= 11 is 0. The third-order valence-electron chi connectivity index (χ3n) is 3.31. The SMILES string of the molecule is Fc1ccc(C2=CN([C@H]3CCCNC3)NO2)cc1. The van der Waals surface area contributed by atoms with Gasteiger partial charge in [-0.15, -0.1) is 0 Å². The van der Waals surface area contributed by atoms with Crippen LogP contribution in [0.3, 0.4) is 0 Å². The number of benzene rings is 1. The van der Waals surface area contributed by atoms with E-state index in [1.807, 2.05) is 11.2 Å². The molecule has 0 aromatic heterocycles. The fourth-order valence-electron chi connectivity index (χ4n) is 2.28. The third-order valence-corrected chi connectivity index (χ3v) is 3.31. The van der Waals surface area contributed by atoms with Gasteiger partial charge in [0.2, 0.25) is 0 Å². The molecule has 1 saturated heterocycles. The lowest BCUT2D eigenvalue weighted by atomic mass is 10.1. The van der Waals surface area contributed by atoms with Crippen molar-refractivity contribution in [2.24, 2.45) is 0 Å². The molecule has 2 N–H and O–H groups in total. The smallest absolute Gasteiger partial charge is 0.174 e. The van der Waals surface area contributed by atoms with Crippen LogP contribution in [0.1, 0.15) is 18.4 Å². The molecule has 0 saturated carbocycles. The van der Waals surface area contributed by atoms with Crippen LogP contribution in [0.25, 0.3) is 5.76 Å². The average Bonchev–Trinajstić information content (AvgIpc) is 2.90. The van der Waals surface area contributed by atoms with Crippen molar-refractivity contribution in [1.82, 2.24) is 15.9 Å². The summed E-state index contributed by atoms with van der Waals surface area (Å²) < 4.78 is 12.8. The first-order valence-corrected chi connectivity index (χ1v) is 6.22. The van der Waals surface area contributed by atoms with Gasteiger partial charge in [-0.1, -0.05) is 5.59 Å². The highest BCUT2D eigenvalue weighted by atomic mass is 19.1. The second-order valence-corrected chi connectivity index (χ2v) is 4.60. The van der Waals surface area contributed by atoms with Gasteiger partial charge < -0.3 is 10.2 Å². The predicted octanol–water partition coefficient (Wildman–Crippen LogP) is 1.63. The lowest BCUT2D eigenvalue weighted by Crippen LogP contribution is -2.47. The quantitative estimate of drug-likeness (QED) is 0.835. The van der Waals surface area contributed by atoms with E-state index in [2.05, 4.69) is 10.9 Å². The molecule has 1 aromatic carbocycles. The molecule has 96 valence electrons. The number of hydrogen-bond donors (Lipinski definition) is 2. The van der Waals surface area contributed by atoms with Crippen LogP contribution < -0.4 is 10.9 Å². The van der Waals surface area contributed by atoms with Crippen molar-refractivity contribution in [2.45, 2.75) is 18.9 Å². The summed E-state index contributed by atoms with van der Waals surface area (Å²) in [5.41, 5.74) is 3.77. The van der Waals surface area contributed by atoms with Gasteiger partial charge in [-0.3, -0.25) is 5.01 Å². The summed E-state index contributed by atoms with van der Waals surface area (Å²) in [6.45, 7) is 2.03. The first-order chi connectivity index (χ1) is 8.83. The Morgan fingerprint density at radius 2 is 2.11 bits per heavy atom. The summed E-state index contributed by atoms with van der Waals surface area (Å²) in [5, 5.41) is 5.33. The van der Waals surface area contributed by atoms with Crippen molar-refractivity contribution >= 4 is 5.76 Å². The van der Waals surface area contributed by atoms with Crippen LogP contribution in [-0.4, -0.2) is 24.1 Å². The van der Waals surface area contributed by atoms with Crippen LogP contribution >= 0.6 is 0 Å². The van der Waals surface area contributed by atoms with Crippen molar-refractivity contribution in [3.8, 4) is 0 Å². The Kier molecular flexibility index (Phi) is 3.17. The maximum absolute atomic E-state index is 12.8. The first kappa shape index (κ1) is 11.5. The fourth-order valence-corrected chi connectivity index (χ4v) is 2.28. The average molecular weight is 249 g/mol. The lowest BCUT2D eigenvalue weighted by molar-refractivity contribution is 0.0132. The van der Waals surface area contributed by atoms with E-state index in [1.54, 1.807) is 12.1 Å². The molecular weight excluding hydrogens is 233 g/mol. The van der Waals surface area contributed by atoms with Gasteiger partial charge in [0.15, 0.2) is 5.76 Å². The Bertz CT molecular complexity index is 440. The van der Waals surface area contributed by atoms with Crippen molar-refractivity contribution in [3.63, 3.8) is 0 Å². The highest BCUT2D eigenvalue weighted by Gasteiger charge is 2.24. The van der Waals surface area contributed by atoms with Crippen LogP contribution in [0.5, 0.6) is 0 Å². The van der Waals surface area contributed by atoms with Gasteiger partial charge >= 0.3 is 0 Å². The zero-order valence-electron chi connectivity index (χ0n) is 10.0. The lowest BCUT2D eigenvalue weighted by Gasteiger charge is -2.29. The van der Waals surface area contributed by atoms with Gasteiger partial charge in [0.1, 0.15) is 5.82 Å². The summed E-state index contributed by atoms with van der Waals surface area (Å²) in [6.07, 6.45) is 4.24. The second kappa shape index (κ2) is 4.96. The number of piperidine rings is 1. The van der Waals surface area contributed by atoms with Crippen LogP contribution in [0.2, 0.25) is 0 Å². The molecule has 3 rings (SSSR count). The molecule has 1 fully saturated rings. The number of nitrogens with one attached hydrogen (secondary N) is 2. The number of rotatable bonds is 2. The largest absolute Gasteiger partial charge is 0.387 e.